The van der Waals surface area contributed by atoms with Crippen molar-refractivity contribution in [2.45, 2.75) is 31.7 Å². The van der Waals surface area contributed by atoms with Crippen molar-refractivity contribution in [1.82, 2.24) is 9.62 Å². The summed E-state index contributed by atoms with van der Waals surface area (Å²) < 4.78 is 52.1. The Kier molecular flexibility index (Phi) is 8.02. The molecular weight excluding hydrogens is 387 g/mol. The van der Waals surface area contributed by atoms with Crippen molar-refractivity contribution in [3.8, 4) is 5.75 Å². The fourth-order valence-electron chi connectivity index (χ4n) is 2.63. The number of ether oxygens (including phenoxy) is 1. The molecule has 1 aliphatic rings. The Balaban J connectivity index is 1.73. The van der Waals surface area contributed by atoms with Crippen LogP contribution in [-0.4, -0.2) is 57.8 Å². The first-order valence-corrected chi connectivity index (χ1v) is 9.77. The molecule has 11 heteroatoms. The molecule has 0 saturated carbocycles. The molecule has 1 fully saturated rings. The van der Waals surface area contributed by atoms with Gasteiger partial charge in [0.15, 0.2) is 5.75 Å². The van der Waals surface area contributed by atoms with E-state index in [0.717, 1.165) is 12.1 Å². The van der Waals surface area contributed by atoms with Crippen molar-refractivity contribution in [2.24, 2.45) is 0 Å². The topological polar surface area (TPSA) is 94.1 Å². The zero-order valence-electron chi connectivity index (χ0n) is 14.5. The number of nitrogens with zero attached hydrogens (tertiary/aromatic N) is 1. The van der Waals surface area contributed by atoms with E-state index in [1.54, 1.807) is 0 Å². The summed E-state index contributed by atoms with van der Waals surface area (Å²) in [5.74, 6) is 0.171. The molecule has 4 N–H and O–H groups in total. The van der Waals surface area contributed by atoms with E-state index < -0.39 is 23.8 Å². The van der Waals surface area contributed by atoms with E-state index in [0.29, 0.717) is 43.8 Å². The van der Waals surface area contributed by atoms with Gasteiger partial charge in [-0.3, -0.25) is 0 Å². The Bertz CT molecular complexity index is 596. The smallest absolute Gasteiger partial charge is 0.406 e. The Morgan fingerprint density at radius 1 is 1.26 bits per heavy atom. The average molecular weight is 410 g/mol. The highest BCUT2D eigenvalue weighted by molar-refractivity contribution is 7.89. The van der Waals surface area contributed by atoms with Crippen LogP contribution in [0.1, 0.15) is 19.3 Å². The molecule has 2 amide bonds. The Morgan fingerprint density at radius 2 is 1.89 bits per heavy atom. The number of nitrogens with one attached hydrogen (secondary N) is 2. The maximum Gasteiger partial charge on any atom is 0.573 e. The molecule has 1 aromatic carbocycles. The number of alkyl halides is 3. The Hall–Kier alpha value is -1.69. The number of piperidine rings is 1. The number of rotatable bonds is 7. The minimum absolute atomic E-state index is 0.0472. The minimum atomic E-state index is -4.76. The van der Waals surface area contributed by atoms with Crippen LogP contribution in [0.4, 0.5) is 23.7 Å². The normalized spacial score (nSPS) is 17.4. The van der Waals surface area contributed by atoms with Crippen molar-refractivity contribution in [1.29, 1.82) is 0 Å². The predicted octanol–water partition coefficient (Wildman–Crippen LogP) is 2.56. The molecule has 2 rings (SSSR count). The SMILES string of the molecule is O=C(Nc1ccc(OC(F)(F)F)cc1)NC1CCN([S+](O)CCCO)CC1. The van der Waals surface area contributed by atoms with E-state index in [4.69, 9.17) is 5.11 Å². The average Bonchev–Trinajstić information content (AvgIpc) is 2.60. The number of carbonyl (C=O) groups is 1. The number of aliphatic hydroxyl groups is 1. The number of benzene rings is 1. The maximum absolute atomic E-state index is 12.1. The summed E-state index contributed by atoms with van der Waals surface area (Å²) in [7, 11) is 0. The lowest BCUT2D eigenvalue weighted by atomic mass is 10.1. The molecule has 0 aliphatic carbocycles. The van der Waals surface area contributed by atoms with Gasteiger partial charge in [0.2, 0.25) is 11.4 Å². The molecular formula is C16H23F3N3O4S+. The molecule has 0 radical (unpaired) electrons. The monoisotopic (exact) mass is 410 g/mol. The van der Waals surface area contributed by atoms with Crippen molar-refractivity contribution >= 4 is 23.1 Å². The highest BCUT2D eigenvalue weighted by atomic mass is 32.2. The van der Waals surface area contributed by atoms with Gasteiger partial charge in [-0.2, -0.15) is 4.55 Å². The van der Waals surface area contributed by atoms with Crippen LogP contribution in [0, 0.1) is 0 Å². The van der Waals surface area contributed by atoms with E-state index in [1.165, 1.54) is 12.1 Å². The zero-order valence-corrected chi connectivity index (χ0v) is 15.4. The summed E-state index contributed by atoms with van der Waals surface area (Å²) in [6.07, 6.45) is -2.86. The van der Waals surface area contributed by atoms with E-state index in [9.17, 15) is 22.5 Å². The van der Waals surface area contributed by atoms with Gasteiger partial charge in [-0.05, 0) is 37.1 Å². The van der Waals surface area contributed by atoms with Gasteiger partial charge >= 0.3 is 12.4 Å². The lowest BCUT2D eigenvalue weighted by molar-refractivity contribution is -0.274. The number of urea groups is 1. The minimum Gasteiger partial charge on any atom is -0.406 e. The second kappa shape index (κ2) is 10.0. The first-order chi connectivity index (χ1) is 12.8. The molecule has 1 aliphatic heterocycles. The summed E-state index contributed by atoms with van der Waals surface area (Å²) in [5.41, 5.74) is 0.348. The largest absolute Gasteiger partial charge is 0.573 e. The summed E-state index contributed by atoms with van der Waals surface area (Å²) in [4.78, 5) is 12.0. The van der Waals surface area contributed by atoms with Gasteiger partial charge in [-0.15, -0.1) is 13.2 Å². The number of halogens is 3. The van der Waals surface area contributed by atoms with E-state index in [-0.39, 0.29) is 18.4 Å². The van der Waals surface area contributed by atoms with Crippen molar-refractivity contribution in [3.05, 3.63) is 24.3 Å². The van der Waals surface area contributed by atoms with E-state index in [1.807, 2.05) is 4.31 Å². The number of hydrogen-bond acceptors (Lipinski definition) is 5. The molecule has 27 heavy (non-hydrogen) atoms. The molecule has 1 saturated heterocycles. The van der Waals surface area contributed by atoms with Gasteiger partial charge in [0.05, 0.1) is 0 Å². The zero-order chi connectivity index (χ0) is 19.9. The summed E-state index contributed by atoms with van der Waals surface area (Å²) in [6, 6.07) is 4.39. The van der Waals surface area contributed by atoms with Crippen molar-refractivity contribution in [3.63, 3.8) is 0 Å². The highest BCUT2D eigenvalue weighted by Crippen LogP contribution is 2.24. The van der Waals surface area contributed by atoms with Gasteiger partial charge in [0.1, 0.15) is 5.75 Å². The molecule has 1 atom stereocenters. The van der Waals surface area contributed by atoms with Crippen LogP contribution >= 0.6 is 0 Å². The van der Waals surface area contributed by atoms with Crippen LogP contribution in [0.3, 0.4) is 0 Å². The first-order valence-electron chi connectivity index (χ1n) is 8.46. The number of carbonyl (C=O) groups excluding carboxylic acids is 1. The third kappa shape index (κ3) is 7.83. The quantitative estimate of drug-likeness (QED) is 0.519. The number of anilines is 1. The first kappa shape index (κ1) is 21.6. The van der Waals surface area contributed by atoms with Gasteiger partial charge in [-0.1, -0.05) is 4.31 Å². The number of hydrogen-bond donors (Lipinski definition) is 4. The third-order valence-corrected chi connectivity index (χ3v) is 5.53. The molecule has 1 heterocycles. The fraction of sp³-hybridized carbons (Fsp3) is 0.562. The second-order valence-corrected chi connectivity index (χ2v) is 7.60. The highest BCUT2D eigenvalue weighted by Gasteiger charge is 2.32. The fourth-order valence-corrected chi connectivity index (χ4v) is 3.90. The van der Waals surface area contributed by atoms with Crippen LogP contribution < -0.4 is 15.4 Å². The molecule has 1 unspecified atom stereocenters. The Labute approximate surface area is 158 Å². The van der Waals surface area contributed by atoms with Crippen LogP contribution in [0.25, 0.3) is 0 Å². The summed E-state index contributed by atoms with van der Waals surface area (Å²) >= 11 is -0.872. The molecule has 0 aromatic heterocycles. The number of amides is 2. The lowest BCUT2D eigenvalue weighted by Crippen LogP contribution is -2.48. The summed E-state index contributed by atoms with van der Waals surface area (Å²) in [6.45, 7) is 1.32. The van der Waals surface area contributed by atoms with Crippen LogP contribution in [0.15, 0.2) is 24.3 Å². The Morgan fingerprint density at radius 3 is 2.44 bits per heavy atom. The van der Waals surface area contributed by atoms with Gasteiger partial charge in [0.25, 0.3) is 0 Å². The standard InChI is InChI=1S/C16H22F3N3O4S/c17-16(18,19)26-14-4-2-12(3-5-14)20-15(24)21-13-6-8-22(9-7-13)27(25)11-1-10-23/h2-5,13,23,25H,1,6-11H2,(H-,20,21,24)/p+1. The molecule has 7 nitrogen and oxygen atoms in total. The van der Waals surface area contributed by atoms with E-state index in [2.05, 4.69) is 15.4 Å². The van der Waals surface area contributed by atoms with Crippen LogP contribution in [0.5, 0.6) is 5.75 Å². The molecule has 0 bridgehead atoms. The van der Waals surface area contributed by atoms with Gasteiger partial charge in [-0.25, -0.2) is 4.79 Å². The third-order valence-electron chi connectivity index (χ3n) is 3.92. The molecule has 1 aromatic rings. The predicted molar refractivity (Wildman–Crippen MR) is 96.4 cm³/mol. The van der Waals surface area contributed by atoms with Gasteiger partial charge in [0, 0.05) is 37.8 Å². The summed E-state index contributed by atoms with van der Waals surface area (Å²) in [5, 5.41) is 14.2. The van der Waals surface area contributed by atoms with Crippen LogP contribution in [0.2, 0.25) is 0 Å². The maximum atomic E-state index is 12.1. The van der Waals surface area contributed by atoms with E-state index >= 15 is 0 Å². The van der Waals surface area contributed by atoms with Crippen LogP contribution in [-0.2, 0) is 11.4 Å². The lowest BCUT2D eigenvalue weighted by Gasteiger charge is -2.28. The molecule has 0 spiro atoms. The van der Waals surface area contributed by atoms with Gasteiger partial charge < -0.3 is 20.5 Å². The molecule has 152 valence electrons. The second-order valence-electron chi connectivity index (χ2n) is 6.00. The van der Waals surface area contributed by atoms with Crippen molar-refractivity contribution in [2.75, 3.05) is 30.8 Å². The van der Waals surface area contributed by atoms with Crippen molar-refractivity contribution < 1.29 is 32.4 Å². The number of aliphatic hydroxyl groups excluding tert-OH is 1.